The number of piperidine rings is 1. The summed E-state index contributed by atoms with van der Waals surface area (Å²) in [6, 6.07) is 18.6. The van der Waals surface area contributed by atoms with E-state index in [1.165, 1.54) is 0 Å². The molecule has 31 heavy (non-hydrogen) atoms. The number of hydrogen-bond donors (Lipinski definition) is 1. The predicted molar refractivity (Wildman–Crippen MR) is 123 cm³/mol. The van der Waals surface area contributed by atoms with Crippen LogP contribution in [0.4, 0.5) is 4.79 Å². The Morgan fingerprint density at radius 3 is 2.48 bits per heavy atom. The van der Waals surface area contributed by atoms with Gasteiger partial charge in [-0.05, 0) is 50.5 Å². The fraction of sp³-hybridized carbons (Fsp3) is 0.400. The van der Waals surface area contributed by atoms with Gasteiger partial charge in [0.25, 0.3) is 0 Å². The molecule has 6 nitrogen and oxygen atoms in total. The first-order chi connectivity index (χ1) is 15.0. The monoisotopic (exact) mass is 421 g/mol. The molecule has 4 rings (SSSR count). The summed E-state index contributed by atoms with van der Waals surface area (Å²) in [4.78, 5) is 15.1. The number of nitrogens with zero attached hydrogens (tertiary/aromatic N) is 2. The van der Waals surface area contributed by atoms with Crippen molar-refractivity contribution in [2.45, 2.75) is 45.3 Å². The number of amides is 1. The van der Waals surface area contributed by atoms with Crippen LogP contribution in [0.3, 0.4) is 0 Å². The van der Waals surface area contributed by atoms with Gasteiger partial charge in [0.2, 0.25) is 5.88 Å². The molecule has 1 aliphatic rings. The van der Waals surface area contributed by atoms with Crippen LogP contribution in [0.2, 0.25) is 0 Å². The molecule has 1 aromatic heterocycles. The van der Waals surface area contributed by atoms with Crippen molar-refractivity contribution < 1.29 is 14.3 Å². The highest BCUT2D eigenvalue weighted by Crippen LogP contribution is 2.27. The van der Waals surface area contributed by atoms with E-state index in [2.05, 4.69) is 24.1 Å². The second kappa shape index (κ2) is 9.43. The number of rotatable bonds is 6. The van der Waals surface area contributed by atoms with Crippen LogP contribution in [0.1, 0.15) is 32.3 Å². The Hall–Kier alpha value is -2.99. The fourth-order valence-corrected chi connectivity index (χ4v) is 4.20. The van der Waals surface area contributed by atoms with Gasteiger partial charge in [0.05, 0.1) is 19.2 Å². The average molecular weight is 422 g/mol. The number of aromatic nitrogens is 1. The van der Waals surface area contributed by atoms with Crippen LogP contribution in [0.15, 0.2) is 54.6 Å². The summed E-state index contributed by atoms with van der Waals surface area (Å²) >= 11 is 0. The number of likely N-dealkylation sites (tertiary alicyclic amines) is 1. The highest BCUT2D eigenvalue weighted by Gasteiger charge is 2.23. The lowest BCUT2D eigenvalue weighted by Gasteiger charge is -2.34. The lowest BCUT2D eigenvalue weighted by molar-refractivity contribution is 0.151. The largest absolute Gasteiger partial charge is 0.497 e. The molecule has 0 radical (unpaired) electrons. The third-order valence-electron chi connectivity index (χ3n) is 6.05. The van der Waals surface area contributed by atoms with Crippen LogP contribution in [0.25, 0.3) is 10.9 Å². The molecule has 1 amide bonds. The molecule has 0 unspecified atom stereocenters. The van der Waals surface area contributed by atoms with E-state index in [0.29, 0.717) is 18.5 Å². The smallest absolute Gasteiger partial charge is 0.414 e. The number of para-hydroxylation sites is 1. The van der Waals surface area contributed by atoms with E-state index in [9.17, 15) is 4.79 Å². The van der Waals surface area contributed by atoms with Crippen LogP contribution in [0.5, 0.6) is 11.6 Å². The third-order valence-corrected chi connectivity index (χ3v) is 6.05. The zero-order chi connectivity index (χ0) is 21.8. The first-order valence-corrected chi connectivity index (χ1v) is 11.0. The van der Waals surface area contributed by atoms with E-state index in [1.807, 2.05) is 59.2 Å². The van der Waals surface area contributed by atoms with Crippen molar-refractivity contribution >= 4 is 17.0 Å². The second-order valence-electron chi connectivity index (χ2n) is 8.41. The summed E-state index contributed by atoms with van der Waals surface area (Å²) in [6.07, 6.45) is 1.51. The highest BCUT2D eigenvalue weighted by molar-refractivity contribution is 5.83. The fourth-order valence-electron chi connectivity index (χ4n) is 4.20. The van der Waals surface area contributed by atoms with Crippen molar-refractivity contribution in [1.29, 1.82) is 0 Å². The molecule has 1 N–H and O–H groups in total. The maximum Gasteiger partial charge on any atom is 0.414 e. The maximum absolute atomic E-state index is 12.7. The average Bonchev–Trinajstić information content (AvgIpc) is 3.11. The summed E-state index contributed by atoms with van der Waals surface area (Å²) in [5, 5.41) is 4.11. The van der Waals surface area contributed by atoms with Crippen molar-refractivity contribution in [2.24, 2.45) is 0 Å². The normalized spacial score (nSPS) is 15.4. The molecule has 0 aliphatic carbocycles. The quantitative estimate of drug-likeness (QED) is 0.629. The summed E-state index contributed by atoms with van der Waals surface area (Å²) < 4.78 is 13.1. The van der Waals surface area contributed by atoms with Gasteiger partial charge in [0.15, 0.2) is 0 Å². The van der Waals surface area contributed by atoms with Gasteiger partial charge in [-0.3, -0.25) is 0 Å². The van der Waals surface area contributed by atoms with Gasteiger partial charge < -0.3 is 24.3 Å². The number of hydrogen-bond acceptors (Lipinski definition) is 4. The van der Waals surface area contributed by atoms with Gasteiger partial charge in [-0.2, -0.15) is 0 Å². The minimum atomic E-state index is -0.387. The summed E-state index contributed by atoms with van der Waals surface area (Å²) in [6.45, 7) is 7.03. The van der Waals surface area contributed by atoms with E-state index < -0.39 is 0 Å². The van der Waals surface area contributed by atoms with E-state index in [0.717, 1.165) is 48.1 Å². The lowest BCUT2D eigenvalue weighted by atomic mass is 10.0. The summed E-state index contributed by atoms with van der Waals surface area (Å²) in [5.74, 6) is 1.37. The Morgan fingerprint density at radius 1 is 1.10 bits per heavy atom. The number of nitrogens with one attached hydrogen (secondary N) is 1. The minimum absolute atomic E-state index is 0.155. The van der Waals surface area contributed by atoms with Crippen LogP contribution in [-0.4, -0.2) is 47.8 Å². The Balaban J connectivity index is 1.48. The summed E-state index contributed by atoms with van der Waals surface area (Å²) in [5.41, 5.74) is 2.14. The number of ether oxygens (including phenoxy) is 2. The zero-order valence-electron chi connectivity index (χ0n) is 18.5. The third kappa shape index (κ3) is 5.02. The van der Waals surface area contributed by atoms with Gasteiger partial charge in [0.1, 0.15) is 5.75 Å². The van der Waals surface area contributed by atoms with Crippen LogP contribution in [0, 0.1) is 0 Å². The van der Waals surface area contributed by atoms with Gasteiger partial charge in [-0.1, -0.05) is 30.3 Å². The van der Waals surface area contributed by atoms with Crippen molar-refractivity contribution in [3.63, 3.8) is 0 Å². The van der Waals surface area contributed by atoms with Crippen molar-refractivity contribution in [1.82, 2.24) is 14.8 Å². The first kappa shape index (κ1) is 21.2. The van der Waals surface area contributed by atoms with E-state index in [1.54, 1.807) is 7.11 Å². The Labute approximate surface area is 183 Å². The molecule has 6 heteroatoms. The molecule has 0 saturated carbocycles. The van der Waals surface area contributed by atoms with Crippen LogP contribution < -0.4 is 14.8 Å². The molecule has 0 spiro atoms. The molecule has 0 bridgehead atoms. The number of methoxy groups -OCH3 is 1. The molecule has 3 aromatic rings. The maximum atomic E-state index is 12.7. The van der Waals surface area contributed by atoms with Gasteiger partial charge in [0, 0.05) is 36.6 Å². The molecule has 2 heterocycles. The van der Waals surface area contributed by atoms with Crippen molar-refractivity contribution in [3.05, 3.63) is 60.2 Å². The van der Waals surface area contributed by atoms with E-state index in [4.69, 9.17) is 9.47 Å². The second-order valence-corrected chi connectivity index (χ2v) is 8.41. The highest BCUT2D eigenvalue weighted by atomic mass is 16.6. The number of carbonyl (C=O) groups excluding carboxylic acids is 1. The van der Waals surface area contributed by atoms with Crippen LogP contribution >= 0.6 is 0 Å². The number of benzene rings is 2. The SMILES string of the molecule is COc1ccc(Cn2c(OC(=O)NC3CCN(C(C)C)CC3)cc3ccccc32)cc1. The molecule has 164 valence electrons. The molecule has 2 aromatic carbocycles. The Bertz CT molecular complexity index is 1020. The van der Waals surface area contributed by atoms with Crippen molar-refractivity contribution in [3.8, 4) is 11.6 Å². The Kier molecular flexibility index (Phi) is 6.47. The number of carbonyl (C=O) groups is 1. The van der Waals surface area contributed by atoms with Crippen LogP contribution in [-0.2, 0) is 6.54 Å². The van der Waals surface area contributed by atoms with Crippen molar-refractivity contribution in [2.75, 3.05) is 20.2 Å². The number of fused-ring (bicyclic) bond motifs is 1. The predicted octanol–water partition coefficient (Wildman–Crippen LogP) is 4.66. The molecule has 1 fully saturated rings. The topological polar surface area (TPSA) is 55.7 Å². The molecule has 0 atom stereocenters. The first-order valence-electron chi connectivity index (χ1n) is 11.0. The van der Waals surface area contributed by atoms with Gasteiger partial charge in [-0.15, -0.1) is 0 Å². The molecular weight excluding hydrogens is 390 g/mol. The standard InChI is InChI=1S/C25H31N3O3/c1-18(2)27-14-12-21(13-15-27)26-25(29)31-24-16-20-6-4-5-7-23(20)28(24)17-19-8-10-22(30-3)11-9-19/h4-11,16,18,21H,12-15,17H2,1-3H3,(H,26,29). The zero-order valence-corrected chi connectivity index (χ0v) is 18.5. The molecule has 1 aliphatic heterocycles. The van der Waals surface area contributed by atoms with E-state index in [-0.39, 0.29) is 12.1 Å². The van der Waals surface area contributed by atoms with Gasteiger partial charge in [-0.25, -0.2) is 4.79 Å². The van der Waals surface area contributed by atoms with E-state index >= 15 is 0 Å². The molecule has 1 saturated heterocycles. The minimum Gasteiger partial charge on any atom is -0.497 e. The summed E-state index contributed by atoms with van der Waals surface area (Å²) in [7, 11) is 1.66. The lowest BCUT2D eigenvalue weighted by Crippen LogP contribution is -2.47. The van der Waals surface area contributed by atoms with Gasteiger partial charge >= 0.3 is 6.09 Å². The molecular formula is C25H31N3O3. The Morgan fingerprint density at radius 2 is 1.81 bits per heavy atom.